The summed E-state index contributed by atoms with van der Waals surface area (Å²) >= 11 is 0. The highest BCUT2D eigenvalue weighted by atomic mass is 35.5. The maximum Gasteiger partial charge on any atom is 0.225 e. The molecule has 0 heterocycles. The molecule has 1 saturated carbocycles. The molecule has 3 N–H and O–H groups in total. The van der Waals surface area contributed by atoms with Crippen LogP contribution in [0, 0.1) is 5.92 Å². The fourth-order valence-corrected chi connectivity index (χ4v) is 2.08. The maximum absolute atomic E-state index is 11.7. The van der Waals surface area contributed by atoms with Crippen molar-refractivity contribution in [2.45, 2.75) is 38.1 Å². The molecule has 2 unspecified atom stereocenters. The first-order valence-corrected chi connectivity index (χ1v) is 5.25. The van der Waals surface area contributed by atoms with E-state index in [0.29, 0.717) is 6.54 Å². The zero-order valence-electron chi connectivity index (χ0n) is 9.29. The van der Waals surface area contributed by atoms with Crippen molar-refractivity contribution in [3.63, 3.8) is 0 Å². The molecule has 0 saturated heterocycles. The summed E-state index contributed by atoms with van der Waals surface area (Å²) in [5.74, 6) is 0.0470. The van der Waals surface area contributed by atoms with Gasteiger partial charge in [-0.1, -0.05) is 18.9 Å². The Morgan fingerprint density at radius 2 is 2.33 bits per heavy atom. The number of hydrogen-bond donors (Lipinski definition) is 2. The highest BCUT2D eigenvalue weighted by molar-refractivity contribution is 5.85. The number of amides is 1. The SMILES string of the molecule is C=CCNC(=O)C1CCCCC1(C)N.Cl. The lowest BCUT2D eigenvalue weighted by Crippen LogP contribution is -2.52. The standard InChI is InChI=1S/C11H20N2O.ClH/c1-3-8-13-10(14)9-6-4-5-7-11(9,2)12;/h3,9H,1,4-8,12H2,2H3,(H,13,14);1H. The normalized spacial score (nSPS) is 30.1. The molecule has 0 aromatic heterocycles. The zero-order chi connectivity index (χ0) is 10.6. The predicted molar refractivity (Wildman–Crippen MR) is 65.0 cm³/mol. The summed E-state index contributed by atoms with van der Waals surface area (Å²) in [6.07, 6.45) is 5.79. The van der Waals surface area contributed by atoms with Gasteiger partial charge in [0.15, 0.2) is 0 Å². The van der Waals surface area contributed by atoms with Gasteiger partial charge in [-0.3, -0.25) is 4.79 Å². The smallest absolute Gasteiger partial charge is 0.225 e. The fraction of sp³-hybridized carbons (Fsp3) is 0.727. The second-order valence-corrected chi connectivity index (χ2v) is 4.34. The van der Waals surface area contributed by atoms with Gasteiger partial charge in [-0.2, -0.15) is 0 Å². The van der Waals surface area contributed by atoms with Gasteiger partial charge < -0.3 is 11.1 Å². The average Bonchev–Trinajstić information content (AvgIpc) is 2.13. The van der Waals surface area contributed by atoms with Gasteiger partial charge in [0.25, 0.3) is 0 Å². The van der Waals surface area contributed by atoms with Crippen LogP contribution in [0.3, 0.4) is 0 Å². The molecule has 0 radical (unpaired) electrons. The van der Waals surface area contributed by atoms with Crippen LogP contribution in [-0.4, -0.2) is 18.0 Å². The third-order valence-corrected chi connectivity index (χ3v) is 2.99. The molecule has 4 heteroatoms. The van der Waals surface area contributed by atoms with Crippen LogP contribution < -0.4 is 11.1 Å². The largest absolute Gasteiger partial charge is 0.352 e. The van der Waals surface area contributed by atoms with Crippen molar-refractivity contribution >= 4 is 18.3 Å². The monoisotopic (exact) mass is 232 g/mol. The van der Waals surface area contributed by atoms with Crippen molar-refractivity contribution in [2.24, 2.45) is 11.7 Å². The molecule has 1 aliphatic rings. The van der Waals surface area contributed by atoms with Gasteiger partial charge >= 0.3 is 0 Å². The Hall–Kier alpha value is -0.540. The number of carbonyl (C=O) groups excluding carboxylic acids is 1. The van der Waals surface area contributed by atoms with E-state index in [-0.39, 0.29) is 29.8 Å². The van der Waals surface area contributed by atoms with Crippen LogP contribution in [0.2, 0.25) is 0 Å². The number of carbonyl (C=O) groups is 1. The number of nitrogens with two attached hydrogens (primary N) is 1. The molecule has 88 valence electrons. The lowest BCUT2D eigenvalue weighted by molar-refractivity contribution is -0.127. The van der Waals surface area contributed by atoms with Crippen LogP contribution in [0.25, 0.3) is 0 Å². The molecule has 0 aromatic carbocycles. The van der Waals surface area contributed by atoms with Gasteiger partial charge in [-0.15, -0.1) is 19.0 Å². The second-order valence-electron chi connectivity index (χ2n) is 4.34. The summed E-state index contributed by atoms with van der Waals surface area (Å²) in [6.45, 7) is 6.08. The molecule has 0 bridgehead atoms. The van der Waals surface area contributed by atoms with Crippen molar-refractivity contribution in [1.82, 2.24) is 5.32 Å². The predicted octanol–water partition coefficient (Wildman–Crippen LogP) is 1.62. The molecule has 1 fully saturated rings. The van der Waals surface area contributed by atoms with Gasteiger partial charge in [-0.05, 0) is 19.8 Å². The minimum absolute atomic E-state index is 0. The Labute approximate surface area is 97.9 Å². The molecule has 1 rings (SSSR count). The number of rotatable bonds is 3. The van der Waals surface area contributed by atoms with Crippen LogP contribution in [0.5, 0.6) is 0 Å². The molecule has 2 atom stereocenters. The van der Waals surface area contributed by atoms with E-state index < -0.39 is 0 Å². The molecule has 0 aliphatic heterocycles. The summed E-state index contributed by atoms with van der Waals surface area (Å²) in [6, 6.07) is 0. The zero-order valence-corrected chi connectivity index (χ0v) is 10.1. The van der Waals surface area contributed by atoms with Gasteiger partial charge in [0.1, 0.15) is 0 Å². The van der Waals surface area contributed by atoms with E-state index >= 15 is 0 Å². The first kappa shape index (κ1) is 14.5. The second kappa shape index (κ2) is 6.13. The van der Waals surface area contributed by atoms with Crippen LogP contribution in [-0.2, 0) is 4.79 Å². The Kier molecular flexibility index (Phi) is 5.91. The molecule has 1 aliphatic carbocycles. The molecule has 15 heavy (non-hydrogen) atoms. The third-order valence-electron chi connectivity index (χ3n) is 2.99. The Morgan fingerprint density at radius 1 is 1.67 bits per heavy atom. The lowest BCUT2D eigenvalue weighted by atomic mass is 9.74. The lowest BCUT2D eigenvalue weighted by Gasteiger charge is -2.37. The summed E-state index contributed by atoms with van der Waals surface area (Å²) in [5, 5.41) is 2.82. The number of hydrogen-bond acceptors (Lipinski definition) is 2. The highest BCUT2D eigenvalue weighted by Crippen LogP contribution is 2.31. The van der Waals surface area contributed by atoms with Gasteiger partial charge in [0.2, 0.25) is 5.91 Å². The summed E-state index contributed by atoms with van der Waals surface area (Å²) in [7, 11) is 0. The minimum Gasteiger partial charge on any atom is -0.352 e. The topological polar surface area (TPSA) is 55.1 Å². The molecule has 0 spiro atoms. The fourth-order valence-electron chi connectivity index (χ4n) is 2.08. The van der Waals surface area contributed by atoms with Gasteiger partial charge in [-0.25, -0.2) is 0 Å². The molecule has 0 aromatic rings. The van der Waals surface area contributed by atoms with Crippen LogP contribution in [0.4, 0.5) is 0 Å². The minimum atomic E-state index is -0.330. The van der Waals surface area contributed by atoms with Gasteiger partial charge in [0.05, 0.1) is 5.92 Å². The van der Waals surface area contributed by atoms with E-state index in [1.54, 1.807) is 6.08 Å². The van der Waals surface area contributed by atoms with E-state index in [4.69, 9.17) is 5.73 Å². The quantitative estimate of drug-likeness (QED) is 0.727. The van der Waals surface area contributed by atoms with E-state index in [0.717, 1.165) is 25.7 Å². The Bertz CT molecular complexity index is 229. The molecular formula is C11H21ClN2O. The van der Waals surface area contributed by atoms with Gasteiger partial charge in [0, 0.05) is 12.1 Å². The Balaban J connectivity index is 0.00000196. The Morgan fingerprint density at radius 3 is 2.87 bits per heavy atom. The van der Waals surface area contributed by atoms with E-state index in [1.807, 2.05) is 6.92 Å². The first-order valence-electron chi connectivity index (χ1n) is 5.25. The van der Waals surface area contributed by atoms with Crippen molar-refractivity contribution in [2.75, 3.05) is 6.54 Å². The van der Waals surface area contributed by atoms with Crippen molar-refractivity contribution in [3.8, 4) is 0 Å². The molecule has 3 nitrogen and oxygen atoms in total. The summed E-state index contributed by atoms with van der Waals surface area (Å²) in [4.78, 5) is 11.7. The van der Waals surface area contributed by atoms with Crippen molar-refractivity contribution in [3.05, 3.63) is 12.7 Å². The third kappa shape index (κ3) is 3.84. The average molecular weight is 233 g/mol. The number of halogens is 1. The van der Waals surface area contributed by atoms with Crippen LogP contribution >= 0.6 is 12.4 Å². The van der Waals surface area contributed by atoms with Crippen LogP contribution in [0.1, 0.15) is 32.6 Å². The van der Waals surface area contributed by atoms with Crippen LogP contribution in [0.15, 0.2) is 12.7 Å². The van der Waals surface area contributed by atoms with E-state index in [9.17, 15) is 4.79 Å². The van der Waals surface area contributed by atoms with Crippen molar-refractivity contribution < 1.29 is 4.79 Å². The maximum atomic E-state index is 11.7. The number of nitrogens with one attached hydrogen (secondary N) is 1. The first-order chi connectivity index (χ1) is 6.58. The summed E-state index contributed by atoms with van der Waals surface area (Å²) in [5.41, 5.74) is 5.78. The van der Waals surface area contributed by atoms with E-state index in [2.05, 4.69) is 11.9 Å². The van der Waals surface area contributed by atoms with E-state index in [1.165, 1.54) is 0 Å². The summed E-state index contributed by atoms with van der Waals surface area (Å²) < 4.78 is 0. The highest BCUT2D eigenvalue weighted by Gasteiger charge is 2.37. The molecular weight excluding hydrogens is 212 g/mol. The van der Waals surface area contributed by atoms with Crippen molar-refractivity contribution in [1.29, 1.82) is 0 Å². The molecule has 1 amide bonds.